The Balaban J connectivity index is 1.18. The quantitative estimate of drug-likeness (QED) is 0.164. The Morgan fingerprint density at radius 1 is 0.362 bits per heavy atom. The lowest BCUT2D eigenvalue weighted by molar-refractivity contribution is 0.953. The van der Waals surface area contributed by atoms with E-state index in [0.29, 0.717) is 17.6 Å². The maximum atomic E-state index is 5.32. The zero-order valence-corrected chi connectivity index (χ0v) is 31.0. The van der Waals surface area contributed by atoms with Crippen molar-refractivity contribution in [3.05, 3.63) is 188 Å². The molecule has 0 aliphatic heterocycles. The third kappa shape index (κ3) is 4.97. The predicted molar refractivity (Wildman–Crippen MR) is 235 cm³/mol. The minimum Gasteiger partial charge on any atom is -0.308 e. The Bertz CT molecular complexity index is 3470. The molecule has 58 heavy (non-hydrogen) atoms. The zero-order chi connectivity index (χ0) is 38.2. The number of hydrogen-bond donors (Lipinski definition) is 0. The molecule has 270 valence electrons. The van der Waals surface area contributed by atoms with Crippen molar-refractivity contribution in [2.24, 2.45) is 0 Å². The fourth-order valence-electron chi connectivity index (χ4n) is 8.67. The van der Waals surface area contributed by atoms with Gasteiger partial charge in [-0.2, -0.15) is 9.97 Å². The first kappa shape index (κ1) is 32.2. The molecule has 0 bridgehead atoms. The van der Waals surface area contributed by atoms with Gasteiger partial charge < -0.3 is 4.40 Å². The van der Waals surface area contributed by atoms with Crippen LogP contribution in [-0.4, -0.2) is 33.9 Å². The van der Waals surface area contributed by atoms with Gasteiger partial charge in [0.05, 0.1) is 39.0 Å². The molecule has 0 fully saturated rings. The summed E-state index contributed by atoms with van der Waals surface area (Å²) in [5.41, 5.74) is 11.0. The van der Waals surface area contributed by atoms with Gasteiger partial charge in [0.2, 0.25) is 5.95 Å². The number of aromatic nitrogens is 7. The van der Waals surface area contributed by atoms with Gasteiger partial charge in [-0.05, 0) is 66.0 Å². The summed E-state index contributed by atoms with van der Waals surface area (Å²) in [6.45, 7) is 0. The third-order valence-electron chi connectivity index (χ3n) is 11.2. The average molecular weight is 742 g/mol. The van der Waals surface area contributed by atoms with E-state index < -0.39 is 0 Å². The normalized spacial score (nSPS) is 11.8. The molecule has 0 radical (unpaired) electrons. The molecule has 6 heterocycles. The maximum Gasteiger partial charge on any atom is 0.238 e. The minimum absolute atomic E-state index is 0.534. The molecular formula is C51H31N7. The molecule has 7 heteroatoms. The van der Waals surface area contributed by atoms with Crippen LogP contribution in [0.4, 0.5) is 0 Å². The average Bonchev–Trinajstić information content (AvgIpc) is 3.86. The lowest BCUT2D eigenvalue weighted by Crippen LogP contribution is -2.06. The highest BCUT2D eigenvalue weighted by Gasteiger charge is 2.22. The van der Waals surface area contributed by atoms with Crippen LogP contribution in [0.25, 0.3) is 111 Å². The van der Waals surface area contributed by atoms with Crippen molar-refractivity contribution in [1.29, 1.82) is 0 Å². The van der Waals surface area contributed by atoms with Crippen molar-refractivity contribution in [3.63, 3.8) is 0 Å². The highest BCUT2D eigenvalue weighted by molar-refractivity contribution is 6.27. The molecule has 0 atom stereocenters. The maximum absolute atomic E-state index is 5.32. The Hall–Kier alpha value is -8.03. The van der Waals surface area contributed by atoms with Crippen molar-refractivity contribution in [3.8, 4) is 51.2 Å². The first-order valence-corrected chi connectivity index (χ1v) is 19.3. The van der Waals surface area contributed by atoms with Crippen LogP contribution in [0, 0.1) is 0 Å². The fourth-order valence-corrected chi connectivity index (χ4v) is 8.67. The number of nitrogens with zero attached hydrogens (tertiary/aromatic N) is 7. The summed E-state index contributed by atoms with van der Waals surface area (Å²) < 4.78 is 4.65. The first-order chi connectivity index (χ1) is 28.8. The van der Waals surface area contributed by atoms with Gasteiger partial charge in [-0.1, -0.05) is 115 Å². The van der Waals surface area contributed by atoms with E-state index >= 15 is 0 Å². The monoisotopic (exact) mass is 741 g/mol. The fraction of sp³-hybridized carbons (Fsp3) is 0. The van der Waals surface area contributed by atoms with Crippen molar-refractivity contribution in [2.45, 2.75) is 0 Å². The highest BCUT2D eigenvalue weighted by Crippen LogP contribution is 2.42. The number of pyridine rings is 3. The predicted octanol–water partition coefficient (Wildman–Crippen LogP) is 12.1. The molecular weight excluding hydrogens is 711 g/mol. The van der Waals surface area contributed by atoms with E-state index in [1.807, 2.05) is 60.9 Å². The second-order valence-corrected chi connectivity index (χ2v) is 14.6. The molecule has 0 saturated carbocycles. The smallest absolute Gasteiger partial charge is 0.238 e. The molecule has 0 spiro atoms. The lowest BCUT2D eigenvalue weighted by atomic mass is 10.0. The summed E-state index contributed by atoms with van der Waals surface area (Å²) in [6, 6.07) is 61.2. The van der Waals surface area contributed by atoms with Crippen molar-refractivity contribution < 1.29 is 0 Å². The van der Waals surface area contributed by atoms with Gasteiger partial charge in [0, 0.05) is 61.6 Å². The summed E-state index contributed by atoms with van der Waals surface area (Å²) in [5.74, 6) is 1.67. The minimum atomic E-state index is 0.534. The number of para-hydroxylation sites is 2. The first-order valence-electron chi connectivity index (χ1n) is 19.3. The molecule has 12 rings (SSSR count). The molecule has 0 unspecified atom stereocenters. The molecule has 6 aromatic carbocycles. The summed E-state index contributed by atoms with van der Waals surface area (Å²) in [7, 11) is 0. The van der Waals surface area contributed by atoms with E-state index in [2.05, 4.69) is 146 Å². The van der Waals surface area contributed by atoms with Gasteiger partial charge in [-0.15, -0.1) is 0 Å². The van der Waals surface area contributed by atoms with Crippen molar-refractivity contribution in [2.75, 3.05) is 0 Å². The lowest BCUT2D eigenvalue weighted by Gasteiger charge is -2.13. The van der Waals surface area contributed by atoms with Gasteiger partial charge in [0.1, 0.15) is 0 Å². The summed E-state index contributed by atoms with van der Waals surface area (Å²) >= 11 is 0. The second kappa shape index (κ2) is 12.8. The molecule has 0 aliphatic carbocycles. The van der Waals surface area contributed by atoms with Crippen LogP contribution < -0.4 is 0 Å². The molecule has 0 N–H and O–H groups in total. The topological polar surface area (TPSA) is 73.8 Å². The van der Waals surface area contributed by atoms with E-state index in [-0.39, 0.29) is 0 Å². The van der Waals surface area contributed by atoms with Gasteiger partial charge >= 0.3 is 0 Å². The van der Waals surface area contributed by atoms with Gasteiger partial charge in [-0.3, -0.25) is 14.5 Å². The third-order valence-corrected chi connectivity index (χ3v) is 11.2. The van der Waals surface area contributed by atoms with Crippen LogP contribution in [0.1, 0.15) is 0 Å². The summed E-state index contributed by atoms with van der Waals surface area (Å²) in [4.78, 5) is 25.1. The Labute approximate surface area is 332 Å². The van der Waals surface area contributed by atoms with Gasteiger partial charge in [0.25, 0.3) is 0 Å². The van der Waals surface area contributed by atoms with E-state index in [1.165, 1.54) is 32.6 Å². The Morgan fingerprint density at radius 3 is 1.62 bits per heavy atom. The van der Waals surface area contributed by atoms with Crippen molar-refractivity contribution >= 4 is 59.9 Å². The Kier molecular flexibility index (Phi) is 7.09. The van der Waals surface area contributed by atoms with E-state index in [1.54, 1.807) is 0 Å². The van der Waals surface area contributed by atoms with E-state index in [4.69, 9.17) is 15.0 Å². The van der Waals surface area contributed by atoms with Crippen LogP contribution in [-0.2, 0) is 0 Å². The Morgan fingerprint density at radius 2 is 0.948 bits per heavy atom. The molecule has 7 nitrogen and oxygen atoms in total. The standard InChI is InChI=1S/C51H31N7/c1-5-23-43-34(13-1)31-46-38-19-3-2-18-37(38)39-25-26-45-47(48(39)57(43)46)40-20-4-6-24-44(40)58(45)51-55-49(35-16-11-14-32(29-35)41-21-7-9-27-52-41)54-50(56-51)36-17-12-15-33(30-36)42-22-8-10-28-53-42/h1-31H. The molecule has 12 aromatic rings. The number of rotatable bonds is 5. The number of benzene rings is 6. The molecule has 0 aliphatic rings. The van der Waals surface area contributed by atoms with E-state index in [9.17, 15) is 0 Å². The number of fused-ring (bicyclic) bond motifs is 12. The highest BCUT2D eigenvalue weighted by atomic mass is 15.2. The zero-order valence-electron chi connectivity index (χ0n) is 31.0. The van der Waals surface area contributed by atoms with Crippen LogP contribution in [0.3, 0.4) is 0 Å². The van der Waals surface area contributed by atoms with Crippen LogP contribution in [0.5, 0.6) is 0 Å². The summed E-state index contributed by atoms with van der Waals surface area (Å²) in [6.07, 6.45) is 3.63. The molecule has 6 aromatic heterocycles. The van der Waals surface area contributed by atoms with E-state index in [0.717, 1.165) is 61.0 Å². The molecule has 0 saturated heterocycles. The van der Waals surface area contributed by atoms with Gasteiger partial charge in [-0.25, -0.2) is 4.98 Å². The largest absolute Gasteiger partial charge is 0.308 e. The van der Waals surface area contributed by atoms with Crippen molar-refractivity contribution in [1.82, 2.24) is 33.9 Å². The van der Waals surface area contributed by atoms with Gasteiger partial charge in [0.15, 0.2) is 11.6 Å². The van der Waals surface area contributed by atoms with Crippen LogP contribution in [0.15, 0.2) is 188 Å². The van der Waals surface area contributed by atoms with Crippen LogP contribution >= 0.6 is 0 Å². The second-order valence-electron chi connectivity index (χ2n) is 14.6. The summed E-state index contributed by atoms with van der Waals surface area (Å²) in [5, 5.41) is 7.10. The number of hydrogen-bond acceptors (Lipinski definition) is 5. The van der Waals surface area contributed by atoms with Crippen LogP contribution in [0.2, 0.25) is 0 Å². The molecule has 0 amide bonds. The SMILES string of the molecule is c1ccc(-c2cccc(-c3nc(-c4cccc(-c5ccccn5)c4)nc(-n4c5ccccc5c5c4ccc4c6ccccc6c6cc7ccccc7n6c45)n3)c2)nc1.